The predicted octanol–water partition coefficient (Wildman–Crippen LogP) is -1.02. The van der Waals surface area contributed by atoms with E-state index in [-0.39, 0.29) is 12.2 Å². The van der Waals surface area contributed by atoms with Gasteiger partial charge in [-0.25, -0.2) is 0 Å². The Kier molecular flexibility index (Phi) is 4.00. The first-order chi connectivity index (χ1) is 5.90. The van der Waals surface area contributed by atoms with Gasteiger partial charge in [0, 0.05) is 5.75 Å². The molecule has 12 heavy (non-hydrogen) atoms. The number of hydrogen-bond donors (Lipinski definition) is 4. The summed E-state index contributed by atoms with van der Waals surface area (Å²) in [6, 6.07) is 0. The largest absolute Gasteiger partial charge is 0.389 e. The maximum atomic E-state index is 10.7. The number of aliphatic hydroxyl groups excluding tert-OH is 2. The van der Waals surface area contributed by atoms with Crippen molar-refractivity contribution in [2.24, 2.45) is 0 Å². The lowest BCUT2D eigenvalue weighted by molar-refractivity contribution is -0.148. The van der Waals surface area contributed by atoms with Crippen LogP contribution in [0.15, 0.2) is 0 Å². The van der Waals surface area contributed by atoms with Gasteiger partial charge < -0.3 is 20.1 Å². The second kappa shape index (κ2) is 4.81. The van der Waals surface area contributed by atoms with E-state index in [4.69, 9.17) is 6.48 Å². The van der Waals surface area contributed by atoms with Gasteiger partial charge in [0.2, 0.25) is 0 Å². The Balaban J connectivity index is 4.65. The SMILES string of the molecule is [2H]C(=O)[C@@](O)(CC)[C@H](O)[C@H](O)CS. The van der Waals surface area contributed by atoms with Gasteiger partial charge in [-0.1, -0.05) is 6.92 Å². The minimum absolute atomic E-state index is 0.0866. The van der Waals surface area contributed by atoms with Crippen molar-refractivity contribution in [3.8, 4) is 0 Å². The summed E-state index contributed by atoms with van der Waals surface area (Å²) in [5, 5.41) is 27.9. The zero-order chi connectivity index (χ0) is 10.6. The van der Waals surface area contributed by atoms with Gasteiger partial charge in [-0.2, -0.15) is 12.6 Å². The molecule has 0 aromatic carbocycles. The topological polar surface area (TPSA) is 77.8 Å². The molecule has 3 atom stereocenters. The Hall–Kier alpha value is -0.100. The fourth-order valence-electron chi connectivity index (χ4n) is 0.760. The highest BCUT2D eigenvalue weighted by molar-refractivity contribution is 7.80. The molecule has 0 bridgehead atoms. The molecule has 0 saturated carbocycles. The molecule has 5 heteroatoms. The Labute approximate surface area is 78.0 Å². The first kappa shape index (κ1) is 9.98. The van der Waals surface area contributed by atoms with Crippen molar-refractivity contribution < 1.29 is 21.5 Å². The van der Waals surface area contributed by atoms with Crippen LogP contribution in [0, 0.1) is 0 Å². The van der Waals surface area contributed by atoms with Crippen LogP contribution in [0.3, 0.4) is 0 Å². The van der Waals surface area contributed by atoms with Gasteiger partial charge in [0.05, 0.1) is 6.10 Å². The fraction of sp³-hybridized carbons (Fsp3) is 0.857. The Morgan fingerprint density at radius 1 is 1.75 bits per heavy atom. The second-order valence-electron chi connectivity index (χ2n) is 2.57. The fourth-order valence-corrected chi connectivity index (χ4v) is 0.959. The summed E-state index contributed by atoms with van der Waals surface area (Å²) in [5.41, 5.74) is -2.19. The van der Waals surface area contributed by atoms with E-state index in [1.54, 1.807) is 0 Å². The van der Waals surface area contributed by atoms with Crippen LogP contribution in [-0.2, 0) is 4.79 Å². The maximum Gasteiger partial charge on any atom is 0.154 e. The average molecular weight is 195 g/mol. The number of rotatable bonds is 5. The normalized spacial score (nSPS) is 22.2. The van der Waals surface area contributed by atoms with Gasteiger partial charge in [0.1, 0.15) is 13.1 Å². The van der Waals surface area contributed by atoms with E-state index < -0.39 is 24.1 Å². The summed E-state index contributed by atoms with van der Waals surface area (Å²) in [7, 11) is 0. The number of thiol groups is 1. The van der Waals surface area contributed by atoms with Gasteiger partial charge in [-0.05, 0) is 6.42 Å². The van der Waals surface area contributed by atoms with Crippen LogP contribution in [0.5, 0.6) is 0 Å². The van der Waals surface area contributed by atoms with E-state index in [1.165, 1.54) is 6.92 Å². The van der Waals surface area contributed by atoms with Crippen molar-refractivity contribution in [3.05, 3.63) is 0 Å². The van der Waals surface area contributed by atoms with Gasteiger partial charge in [-0.3, -0.25) is 0 Å². The smallest absolute Gasteiger partial charge is 0.154 e. The summed E-state index contributed by atoms with van der Waals surface area (Å²) in [6.45, 7) is 1.45. The molecule has 0 radical (unpaired) electrons. The van der Waals surface area contributed by atoms with E-state index in [0.29, 0.717) is 0 Å². The van der Waals surface area contributed by atoms with E-state index in [1.807, 2.05) is 0 Å². The van der Waals surface area contributed by atoms with Crippen LogP contribution in [0.1, 0.15) is 14.7 Å². The maximum absolute atomic E-state index is 10.7. The molecule has 72 valence electrons. The van der Waals surface area contributed by atoms with Crippen molar-refractivity contribution in [3.63, 3.8) is 0 Å². The van der Waals surface area contributed by atoms with Crippen LogP contribution in [0.2, 0.25) is 0 Å². The number of aldehydes is 1. The van der Waals surface area contributed by atoms with Crippen LogP contribution < -0.4 is 0 Å². The molecule has 0 aliphatic heterocycles. The van der Waals surface area contributed by atoms with Gasteiger partial charge in [-0.15, -0.1) is 0 Å². The lowest BCUT2D eigenvalue weighted by atomic mass is 9.92. The first-order valence-electron chi connectivity index (χ1n) is 4.10. The van der Waals surface area contributed by atoms with Crippen molar-refractivity contribution in [2.45, 2.75) is 31.2 Å². The lowest BCUT2D eigenvalue weighted by Crippen LogP contribution is -2.50. The third-order valence-electron chi connectivity index (χ3n) is 1.76. The van der Waals surface area contributed by atoms with Crippen LogP contribution in [0.4, 0.5) is 0 Å². The van der Waals surface area contributed by atoms with Crippen molar-refractivity contribution in [1.29, 1.82) is 0 Å². The van der Waals surface area contributed by atoms with Gasteiger partial charge >= 0.3 is 0 Å². The molecule has 0 aromatic rings. The highest BCUT2D eigenvalue weighted by Crippen LogP contribution is 2.16. The summed E-state index contributed by atoms with van der Waals surface area (Å²) in [4.78, 5) is 10.7. The van der Waals surface area contributed by atoms with Crippen LogP contribution in [-0.4, -0.2) is 45.1 Å². The molecule has 0 aliphatic rings. The zero-order valence-corrected chi connectivity index (χ0v) is 7.66. The standard InChI is InChI=1S/C7H14O4S/c1-2-7(11,4-8)6(10)5(9)3-12/h4-6,9-12H,2-3H2,1H3/t5-,6-,7+/m1/s1/i4D. The quantitative estimate of drug-likeness (QED) is 0.334. The third kappa shape index (κ3) is 2.45. The molecule has 0 unspecified atom stereocenters. The molecule has 3 N–H and O–H groups in total. The Morgan fingerprint density at radius 3 is 2.50 bits per heavy atom. The minimum atomic E-state index is -2.19. The number of hydrogen-bond acceptors (Lipinski definition) is 5. The summed E-state index contributed by atoms with van der Waals surface area (Å²) >= 11 is 3.70. The van der Waals surface area contributed by atoms with Crippen molar-refractivity contribution in [1.82, 2.24) is 0 Å². The lowest BCUT2D eigenvalue weighted by Gasteiger charge is -2.28. The average Bonchev–Trinajstić information content (AvgIpc) is 2.13. The zero-order valence-electron chi connectivity index (χ0n) is 7.77. The third-order valence-corrected chi connectivity index (χ3v) is 2.13. The summed E-state index contributed by atoms with van der Waals surface area (Å²) in [5.74, 6) is -0.0866. The number of carbonyl (C=O) groups is 1. The summed E-state index contributed by atoms with van der Waals surface area (Å²) in [6.07, 6.45) is -4.41. The van der Waals surface area contributed by atoms with E-state index >= 15 is 0 Å². The van der Waals surface area contributed by atoms with Crippen molar-refractivity contribution >= 4 is 18.9 Å². The molecule has 0 rings (SSSR count). The highest BCUT2D eigenvalue weighted by atomic mass is 32.1. The van der Waals surface area contributed by atoms with E-state index in [2.05, 4.69) is 12.6 Å². The van der Waals surface area contributed by atoms with Crippen LogP contribution >= 0.6 is 12.6 Å². The van der Waals surface area contributed by atoms with Gasteiger partial charge in [0.25, 0.3) is 0 Å². The Morgan fingerprint density at radius 2 is 2.25 bits per heavy atom. The molecule has 0 fully saturated rings. The molecule has 4 nitrogen and oxygen atoms in total. The molecular formula is C7H14O4S. The molecule has 0 aliphatic carbocycles. The van der Waals surface area contributed by atoms with E-state index in [9.17, 15) is 15.0 Å². The number of aliphatic hydroxyl groups is 3. The minimum Gasteiger partial charge on any atom is -0.389 e. The van der Waals surface area contributed by atoms with Gasteiger partial charge in [0.15, 0.2) is 6.26 Å². The monoisotopic (exact) mass is 195 g/mol. The van der Waals surface area contributed by atoms with E-state index in [0.717, 1.165) is 0 Å². The highest BCUT2D eigenvalue weighted by Gasteiger charge is 2.37. The predicted molar refractivity (Wildman–Crippen MR) is 47.2 cm³/mol. The molecular weight excluding hydrogens is 180 g/mol. The molecule has 0 spiro atoms. The first-order valence-corrected chi connectivity index (χ1v) is 4.23. The van der Waals surface area contributed by atoms with Crippen LogP contribution in [0.25, 0.3) is 0 Å². The second-order valence-corrected chi connectivity index (χ2v) is 2.94. The molecule has 0 amide bonds. The molecule has 0 heterocycles. The number of carbonyl (C=O) groups excluding carboxylic acids is 1. The Bertz CT molecular complexity index is 189. The van der Waals surface area contributed by atoms with Crippen molar-refractivity contribution in [2.75, 3.05) is 5.75 Å². The summed E-state index contributed by atoms with van der Waals surface area (Å²) < 4.78 is 6.75. The molecule has 0 aromatic heterocycles. The molecule has 0 saturated heterocycles.